The number of nitrogens with zero attached hydrogens (tertiary/aromatic N) is 2. The van der Waals surface area contributed by atoms with Gasteiger partial charge in [-0.3, -0.25) is 14.9 Å². The molecule has 1 aliphatic heterocycles. The molecule has 8 nitrogen and oxygen atoms in total. The first-order valence-electron chi connectivity index (χ1n) is 8.85. The number of nitro groups is 1. The van der Waals surface area contributed by atoms with Crippen molar-refractivity contribution >= 4 is 23.4 Å². The van der Waals surface area contributed by atoms with Crippen LogP contribution in [0.15, 0.2) is 41.4 Å². The van der Waals surface area contributed by atoms with Crippen LogP contribution in [0.4, 0.5) is 10.5 Å². The lowest BCUT2D eigenvalue weighted by molar-refractivity contribution is -0.384. The number of rotatable bonds is 8. The van der Waals surface area contributed by atoms with Crippen LogP contribution in [-0.2, 0) is 9.53 Å². The van der Waals surface area contributed by atoms with Gasteiger partial charge in [0.05, 0.1) is 11.0 Å². The van der Waals surface area contributed by atoms with Gasteiger partial charge in [0.1, 0.15) is 12.5 Å². The standard InChI is InChI=1S/C19H23N3O5/c1-3-4-5-6-7-12-27-18(23)16-13(2)20-19(24)21-17(16)14-8-10-15(11-9-14)22(25)26/h6-11,16-17H,3-5,12H2,1-2H3,(H,21,24)/b7-6+. The molecular formula is C19H23N3O5. The zero-order valence-electron chi connectivity index (χ0n) is 15.4. The van der Waals surface area contributed by atoms with E-state index in [4.69, 9.17) is 4.74 Å². The van der Waals surface area contributed by atoms with Crippen LogP contribution in [0.5, 0.6) is 0 Å². The summed E-state index contributed by atoms with van der Waals surface area (Å²) in [5, 5.41) is 13.5. The van der Waals surface area contributed by atoms with Gasteiger partial charge >= 0.3 is 12.0 Å². The summed E-state index contributed by atoms with van der Waals surface area (Å²) in [5.41, 5.74) is 0.855. The number of nitro benzene ring substituents is 1. The van der Waals surface area contributed by atoms with Crippen molar-refractivity contribution in [2.75, 3.05) is 6.61 Å². The second kappa shape index (κ2) is 9.61. The molecule has 2 unspecified atom stereocenters. The van der Waals surface area contributed by atoms with Crippen LogP contribution < -0.4 is 5.32 Å². The van der Waals surface area contributed by atoms with Crippen molar-refractivity contribution in [2.24, 2.45) is 10.9 Å². The molecule has 0 fully saturated rings. The summed E-state index contributed by atoms with van der Waals surface area (Å²) in [5.74, 6) is -1.28. The SMILES string of the molecule is CCCC/C=C/COC(=O)C1C(C)=NC(=O)NC1c1ccc([N+](=O)[O-])cc1. The summed E-state index contributed by atoms with van der Waals surface area (Å²) in [7, 11) is 0. The number of nitrogens with one attached hydrogen (secondary N) is 1. The number of aliphatic imine (C=N–C) groups is 1. The Labute approximate surface area is 157 Å². The maximum Gasteiger partial charge on any atom is 0.341 e. The summed E-state index contributed by atoms with van der Waals surface area (Å²) in [6, 6.07) is 4.47. The molecule has 0 spiro atoms. The predicted octanol–water partition coefficient (Wildman–Crippen LogP) is 3.73. The summed E-state index contributed by atoms with van der Waals surface area (Å²) >= 11 is 0. The number of amides is 2. The highest BCUT2D eigenvalue weighted by Crippen LogP contribution is 2.29. The summed E-state index contributed by atoms with van der Waals surface area (Å²) in [4.78, 5) is 38.5. The highest BCUT2D eigenvalue weighted by molar-refractivity contribution is 6.08. The second-order valence-electron chi connectivity index (χ2n) is 6.25. The van der Waals surface area contributed by atoms with Gasteiger partial charge in [-0.15, -0.1) is 0 Å². The molecule has 0 saturated carbocycles. The Morgan fingerprint density at radius 1 is 1.33 bits per heavy atom. The van der Waals surface area contributed by atoms with E-state index >= 15 is 0 Å². The zero-order chi connectivity index (χ0) is 19.8. The Balaban J connectivity index is 2.13. The highest BCUT2D eigenvalue weighted by atomic mass is 16.6. The first-order valence-corrected chi connectivity index (χ1v) is 8.85. The van der Waals surface area contributed by atoms with E-state index in [-0.39, 0.29) is 12.3 Å². The van der Waals surface area contributed by atoms with Crippen LogP contribution in [0.1, 0.15) is 44.7 Å². The molecule has 27 heavy (non-hydrogen) atoms. The topological polar surface area (TPSA) is 111 Å². The molecule has 144 valence electrons. The number of urea groups is 1. The van der Waals surface area contributed by atoms with E-state index in [2.05, 4.69) is 17.2 Å². The van der Waals surface area contributed by atoms with Gasteiger partial charge < -0.3 is 10.1 Å². The van der Waals surface area contributed by atoms with E-state index in [0.717, 1.165) is 19.3 Å². The zero-order valence-corrected chi connectivity index (χ0v) is 15.4. The van der Waals surface area contributed by atoms with Gasteiger partial charge in [0.15, 0.2) is 0 Å². The number of carbonyl (C=O) groups excluding carboxylic acids is 2. The number of benzene rings is 1. The number of unbranched alkanes of at least 4 members (excludes halogenated alkanes) is 2. The smallest absolute Gasteiger partial charge is 0.341 e. The molecular weight excluding hydrogens is 350 g/mol. The fourth-order valence-corrected chi connectivity index (χ4v) is 2.83. The first-order chi connectivity index (χ1) is 12.9. The molecule has 2 rings (SSSR count). The Hall–Kier alpha value is -3.03. The normalized spacial score (nSPS) is 19.5. The number of esters is 1. The van der Waals surface area contributed by atoms with Gasteiger partial charge in [0.2, 0.25) is 0 Å². The third-order valence-electron chi connectivity index (χ3n) is 4.27. The molecule has 8 heteroatoms. The van der Waals surface area contributed by atoms with Gasteiger partial charge in [-0.05, 0) is 18.9 Å². The van der Waals surface area contributed by atoms with E-state index in [0.29, 0.717) is 11.3 Å². The molecule has 2 atom stereocenters. The average molecular weight is 373 g/mol. The number of hydrogen-bond acceptors (Lipinski definition) is 5. The van der Waals surface area contributed by atoms with Crippen molar-refractivity contribution in [1.29, 1.82) is 0 Å². The van der Waals surface area contributed by atoms with E-state index in [1.807, 2.05) is 6.08 Å². The lowest BCUT2D eigenvalue weighted by Crippen LogP contribution is -2.44. The molecule has 0 aromatic heterocycles. The van der Waals surface area contributed by atoms with Crippen molar-refractivity contribution in [2.45, 2.75) is 39.2 Å². The molecule has 2 amide bonds. The lowest BCUT2D eigenvalue weighted by Gasteiger charge is -2.29. The second-order valence-corrected chi connectivity index (χ2v) is 6.25. The third-order valence-corrected chi connectivity index (χ3v) is 4.27. The fraction of sp³-hybridized carbons (Fsp3) is 0.421. The van der Waals surface area contributed by atoms with Crippen LogP contribution in [0, 0.1) is 16.0 Å². The molecule has 0 radical (unpaired) electrons. The molecule has 0 saturated heterocycles. The minimum Gasteiger partial charge on any atom is -0.461 e. The van der Waals surface area contributed by atoms with Crippen LogP contribution in [-0.4, -0.2) is 29.2 Å². The summed E-state index contributed by atoms with van der Waals surface area (Å²) < 4.78 is 5.31. The minimum absolute atomic E-state index is 0.0670. The van der Waals surface area contributed by atoms with Crippen LogP contribution in [0.2, 0.25) is 0 Å². The fourth-order valence-electron chi connectivity index (χ4n) is 2.83. The molecule has 1 aliphatic rings. The number of hydrogen-bond donors (Lipinski definition) is 1. The monoisotopic (exact) mass is 373 g/mol. The van der Waals surface area contributed by atoms with Gasteiger partial charge in [-0.25, -0.2) is 9.79 Å². The van der Waals surface area contributed by atoms with E-state index in [9.17, 15) is 19.7 Å². The van der Waals surface area contributed by atoms with Crippen LogP contribution in [0.3, 0.4) is 0 Å². The van der Waals surface area contributed by atoms with Gasteiger partial charge in [0, 0.05) is 17.8 Å². The molecule has 0 aliphatic carbocycles. The van der Waals surface area contributed by atoms with Crippen molar-refractivity contribution in [3.8, 4) is 0 Å². The number of ether oxygens (including phenoxy) is 1. The maximum atomic E-state index is 12.6. The quantitative estimate of drug-likeness (QED) is 0.245. The summed E-state index contributed by atoms with van der Waals surface area (Å²) in [6.45, 7) is 3.85. The lowest BCUT2D eigenvalue weighted by atomic mass is 9.88. The number of non-ortho nitro benzene ring substituents is 1. The Kier molecular flexibility index (Phi) is 7.22. The largest absolute Gasteiger partial charge is 0.461 e. The van der Waals surface area contributed by atoms with E-state index < -0.39 is 28.9 Å². The Morgan fingerprint density at radius 3 is 2.67 bits per heavy atom. The van der Waals surface area contributed by atoms with Crippen LogP contribution in [0.25, 0.3) is 0 Å². The Morgan fingerprint density at radius 2 is 2.04 bits per heavy atom. The minimum atomic E-state index is -0.784. The van der Waals surface area contributed by atoms with Crippen LogP contribution >= 0.6 is 0 Å². The highest BCUT2D eigenvalue weighted by Gasteiger charge is 2.38. The van der Waals surface area contributed by atoms with Crippen molar-refractivity contribution in [1.82, 2.24) is 5.32 Å². The average Bonchev–Trinajstić information content (AvgIpc) is 2.63. The third kappa shape index (κ3) is 5.47. The van der Waals surface area contributed by atoms with Gasteiger partial charge in [-0.1, -0.05) is 44.1 Å². The van der Waals surface area contributed by atoms with Crippen molar-refractivity contribution < 1.29 is 19.2 Å². The van der Waals surface area contributed by atoms with E-state index in [1.54, 1.807) is 13.0 Å². The number of allylic oxidation sites excluding steroid dienone is 1. The maximum absolute atomic E-state index is 12.6. The number of carbonyl (C=O) groups is 2. The summed E-state index contributed by atoms with van der Waals surface area (Å²) in [6.07, 6.45) is 6.86. The molecule has 1 N–H and O–H groups in total. The Bertz CT molecular complexity index is 755. The predicted molar refractivity (Wildman–Crippen MR) is 101 cm³/mol. The first kappa shape index (κ1) is 20.3. The molecule has 1 aromatic carbocycles. The van der Waals surface area contributed by atoms with E-state index in [1.165, 1.54) is 24.3 Å². The van der Waals surface area contributed by atoms with Gasteiger partial charge in [0.25, 0.3) is 5.69 Å². The van der Waals surface area contributed by atoms with Crippen molar-refractivity contribution in [3.63, 3.8) is 0 Å². The van der Waals surface area contributed by atoms with Gasteiger partial charge in [-0.2, -0.15) is 0 Å². The van der Waals surface area contributed by atoms with Crippen molar-refractivity contribution in [3.05, 3.63) is 52.1 Å². The molecule has 0 bridgehead atoms. The molecule has 1 aromatic rings. The molecule has 1 heterocycles.